The average Bonchev–Trinajstić information content (AvgIpc) is 2.78. The zero-order chi connectivity index (χ0) is 14.4. The van der Waals surface area contributed by atoms with E-state index in [2.05, 4.69) is 21.2 Å². The Hall–Kier alpha value is -0.390. The molecule has 5 heteroatoms. The third-order valence-electron chi connectivity index (χ3n) is 3.84. The number of carbonyl (C=O) groups excluding carboxylic acids is 1. The highest BCUT2D eigenvalue weighted by Gasteiger charge is 2.17. The molecule has 0 atom stereocenters. The molecule has 1 aromatic heterocycles. The van der Waals surface area contributed by atoms with Crippen LogP contribution in [-0.4, -0.2) is 19.1 Å². The Labute approximate surface area is 133 Å². The number of ether oxygens (including phenoxy) is 1. The predicted octanol–water partition coefficient (Wildman–Crippen LogP) is 4.50. The first kappa shape index (κ1) is 16.0. The van der Waals surface area contributed by atoms with Crippen molar-refractivity contribution in [3.63, 3.8) is 0 Å². The predicted molar refractivity (Wildman–Crippen MR) is 86.3 cm³/mol. The van der Waals surface area contributed by atoms with Crippen LogP contribution in [0.25, 0.3) is 0 Å². The zero-order valence-corrected chi connectivity index (χ0v) is 14.3. The van der Waals surface area contributed by atoms with Crippen molar-refractivity contribution in [2.24, 2.45) is 0 Å². The van der Waals surface area contributed by atoms with Crippen molar-refractivity contribution in [3.05, 3.63) is 20.3 Å². The van der Waals surface area contributed by atoms with Crippen LogP contribution < -0.4 is 5.32 Å². The maximum Gasteiger partial charge on any atom is 0.348 e. The van der Waals surface area contributed by atoms with Crippen LogP contribution in [0.3, 0.4) is 0 Å². The minimum atomic E-state index is -0.241. The van der Waals surface area contributed by atoms with Gasteiger partial charge in [-0.1, -0.05) is 32.1 Å². The molecule has 0 unspecified atom stereocenters. The molecule has 1 fully saturated rings. The summed E-state index contributed by atoms with van der Waals surface area (Å²) in [5.74, 6) is -0.241. The lowest BCUT2D eigenvalue weighted by atomic mass is 9.96. The lowest BCUT2D eigenvalue weighted by molar-refractivity contribution is 0.0605. The first-order valence-electron chi connectivity index (χ1n) is 7.30. The number of halogens is 1. The van der Waals surface area contributed by atoms with Crippen LogP contribution >= 0.6 is 27.3 Å². The molecule has 0 aromatic carbocycles. The van der Waals surface area contributed by atoms with E-state index in [-0.39, 0.29) is 5.97 Å². The van der Waals surface area contributed by atoms with Crippen molar-refractivity contribution in [1.82, 2.24) is 5.32 Å². The number of esters is 1. The monoisotopic (exact) mass is 359 g/mol. The van der Waals surface area contributed by atoms with Crippen LogP contribution in [0, 0.1) is 0 Å². The second-order valence-corrected chi connectivity index (χ2v) is 7.75. The van der Waals surface area contributed by atoms with E-state index in [1.807, 2.05) is 6.07 Å². The van der Waals surface area contributed by atoms with E-state index in [9.17, 15) is 4.79 Å². The number of hydrogen-bond acceptors (Lipinski definition) is 4. The summed E-state index contributed by atoms with van der Waals surface area (Å²) in [6.07, 6.45) is 9.23. The summed E-state index contributed by atoms with van der Waals surface area (Å²) in [6.45, 7) is 0.747. The van der Waals surface area contributed by atoms with Gasteiger partial charge in [0, 0.05) is 12.6 Å². The fourth-order valence-corrected chi connectivity index (χ4v) is 4.29. The molecule has 1 aromatic rings. The Bertz CT molecular complexity index is 439. The molecule has 1 aliphatic rings. The van der Waals surface area contributed by atoms with Gasteiger partial charge >= 0.3 is 5.97 Å². The van der Waals surface area contributed by atoms with Crippen LogP contribution in [-0.2, 0) is 11.3 Å². The molecule has 2 rings (SSSR count). The van der Waals surface area contributed by atoms with Gasteiger partial charge in [-0.3, -0.25) is 0 Å². The molecule has 0 radical (unpaired) electrons. The highest BCUT2D eigenvalue weighted by Crippen LogP contribution is 2.28. The van der Waals surface area contributed by atoms with Gasteiger partial charge in [0.05, 0.1) is 10.9 Å². The SMILES string of the molecule is COC(=O)c1sc(Br)cc1CNC1CCCCCCC1. The summed E-state index contributed by atoms with van der Waals surface area (Å²) in [4.78, 5) is 12.4. The van der Waals surface area contributed by atoms with Gasteiger partial charge in [-0.2, -0.15) is 0 Å². The quantitative estimate of drug-likeness (QED) is 0.804. The molecule has 1 aliphatic carbocycles. The number of thiophene rings is 1. The van der Waals surface area contributed by atoms with E-state index >= 15 is 0 Å². The van der Waals surface area contributed by atoms with Crippen LogP contribution in [0.5, 0.6) is 0 Å². The molecule has 0 amide bonds. The Balaban J connectivity index is 1.93. The standard InChI is InChI=1S/C15H22BrNO2S/c1-19-15(18)14-11(9-13(16)20-14)10-17-12-7-5-3-2-4-6-8-12/h9,12,17H,2-8,10H2,1H3. The second kappa shape index (κ2) is 8.15. The topological polar surface area (TPSA) is 38.3 Å². The van der Waals surface area contributed by atoms with Crippen molar-refractivity contribution < 1.29 is 9.53 Å². The van der Waals surface area contributed by atoms with Gasteiger partial charge in [0.2, 0.25) is 0 Å². The first-order chi connectivity index (χ1) is 9.70. The summed E-state index contributed by atoms with van der Waals surface area (Å²) in [5, 5.41) is 3.62. The minimum Gasteiger partial charge on any atom is -0.465 e. The average molecular weight is 360 g/mol. The van der Waals surface area contributed by atoms with Crippen molar-refractivity contribution in [2.75, 3.05) is 7.11 Å². The normalized spacial score (nSPS) is 17.5. The second-order valence-electron chi connectivity index (χ2n) is 5.32. The van der Waals surface area contributed by atoms with E-state index in [1.54, 1.807) is 0 Å². The lowest BCUT2D eigenvalue weighted by Gasteiger charge is -2.21. The zero-order valence-electron chi connectivity index (χ0n) is 11.9. The lowest BCUT2D eigenvalue weighted by Crippen LogP contribution is -2.29. The smallest absolute Gasteiger partial charge is 0.348 e. The van der Waals surface area contributed by atoms with Crippen molar-refractivity contribution in [2.45, 2.75) is 57.5 Å². The first-order valence-corrected chi connectivity index (χ1v) is 8.91. The Morgan fingerprint density at radius 1 is 1.35 bits per heavy atom. The Morgan fingerprint density at radius 2 is 2.00 bits per heavy atom. The summed E-state index contributed by atoms with van der Waals surface area (Å²) in [7, 11) is 1.43. The minimum absolute atomic E-state index is 0.241. The highest BCUT2D eigenvalue weighted by molar-refractivity contribution is 9.11. The largest absolute Gasteiger partial charge is 0.465 e. The number of methoxy groups -OCH3 is 1. The molecule has 20 heavy (non-hydrogen) atoms. The van der Waals surface area contributed by atoms with Gasteiger partial charge in [0.25, 0.3) is 0 Å². The van der Waals surface area contributed by atoms with Gasteiger partial charge in [-0.05, 0) is 40.4 Å². The Morgan fingerprint density at radius 3 is 2.65 bits per heavy atom. The highest BCUT2D eigenvalue weighted by atomic mass is 79.9. The number of carbonyl (C=O) groups is 1. The summed E-state index contributed by atoms with van der Waals surface area (Å²) in [5.41, 5.74) is 1.04. The third kappa shape index (κ3) is 4.57. The van der Waals surface area contributed by atoms with Gasteiger partial charge in [0.1, 0.15) is 4.88 Å². The molecule has 1 saturated carbocycles. The van der Waals surface area contributed by atoms with E-state index in [0.717, 1.165) is 15.9 Å². The maximum absolute atomic E-state index is 11.7. The molecule has 3 nitrogen and oxygen atoms in total. The van der Waals surface area contributed by atoms with E-state index in [1.165, 1.54) is 63.4 Å². The van der Waals surface area contributed by atoms with Crippen molar-refractivity contribution in [3.8, 4) is 0 Å². The number of rotatable bonds is 4. The summed E-state index contributed by atoms with van der Waals surface area (Å²) in [6, 6.07) is 2.60. The van der Waals surface area contributed by atoms with Crippen LogP contribution in [0.4, 0.5) is 0 Å². The molecular formula is C15H22BrNO2S. The molecule has 1 heterocycles. The van der Waals surface area contributed by atoms with Crippen molar-refractivity contribution in [1.29, 1.82) is 0 Å². The van der Waals surface area contributed by atoms with Crippen LogP contribution in [0.2, 0.25) is 0 Å². The Kier molecular flexibility index (Phi) is 6.52. The number of nitrogens with one attached hydrogen (secondary N) is 1. The van der Waals surface area contributed by atoms with Gasteiger partial charge < -0.3 is 10.1 Å². The van der Waals surface area contributed by atoms with E-state index in [4.69, 9.17) is 4.74 Å². The molecule has 0 saturated heterocycles. The summed E-state index contributed by atoms with van der Waals surface area (Å²) < 4.78 is 5.82. The van der Waals surface area contributed by atoms with Gasteiger partial charge in [-0.15, -0.1) is 11.3 Å². The molecule has 0 bridgehead atoms. The van der Waals surface area contributed by atoms with Gasteiger partial charge in [-0.25, -0.2) is 4.79 Å². The fourth-order valence-electron chi connectivity index (χ4n) is 2.71. The summed E-state index contributed by atoms with van der Waals surface area (Å²) >= 11 is 4.90. The molecule has 1 N–H and O–H groups in total. The molecule has 112 valence electrons. The van der Waals surface area contributed by atoms with E-state index in [0.29, 0.717) is 10.9 Å². The van der Waals surface area contributed by atoms with E-state index < -0.39 is 0 Å². The maximum atomic E-state index is 11.7. The third-order valence-corrected chi connectivity index (χ3v) is 5.50. The van der Waals surface area contributed by atoms with Crippen LogP contribution in [0.1, 0.15) is 60.2 Å². The van der Waals surface area contributed by atoms with Crippen LogP contribution in [0.15, 0.2) is 9.85 Å². The van der Waals surface area contributed by atoms with Gasteiger partial charge in [0.15, 0.2) is 0 Å². The van der Waals surface area contributed by atoms with Crippen molar-refractivity contribution >= 4 is 33.2 Å². The molecule has 0 aliphatic heterocycles. The number of hydrogen-bond donors (Lipinski definition) is 1. The molecular weight excluding hydrogens is 338 g/mol. The fraction of sp³-hybridized carbons (Fsp3) is 0.667. The molecule has 0 spiro atoms.